The summed E-state index contributed by atoms with van der Waals surface area (Å²) in [5, 5.41) is 21.9. The van der Waals surface area contributed by atoms with Crippen molar-refractivity contribution < 1.29 is 24.1 Å². The Morgan fingerprint density at radius 3 is 2.72 bits per heavy atom. The van der Waals surface area contributed by atoms with Crippen LogP contribution >= 0.6 is 11.6 Å². The number of nitrogens with one attached hydrogen (secondary N) is 1. The number of ether oxygens (including phenoxy) is 1. The lowest BCUT2D eigenvalue weighted by Crippen LogP contribution is -2.37. The first-order chi connectivity index (χ1) is 14.0. The van der Waals surface area contributed by atoms with Crippen molar-refractivity contribution in [2.75, 3.05) is 31.9 Å². The zero-order valence-corrected chi connectivity index (χ0v) is 16.3. The predicted molar refractivity (Wildman–Crippen MR) is 108 cm³/mol. The number of carbonyl (C=O) groups is 1. The summed E-state index contributed by atoms with van der Waals surface area (Å²) in [6, 6.07) is 7.77. The zero-order chi connectivity index (χ0) is 20.8. The van der Waals surface area contributed by atoms with E-state index in [4.69, 9.17) is 21.4 Å². The molecule has 0 spiro atoms. The number of aromatic nitrogens is 1. The molecule has 154 valence electrons. The van der Waals surface area contributed by atoms with Gasteiger partial charge in [0.25, 0.3) is 0 Å². The number of benzene rings is 1. The van der Waals surface area contributed by atoms with E-state index >= 15 is 0 Å². The van der Waals surface area contributed by atoms with Crippen molar-refractivity contribution in [3.63, 3.8) is 0 Å². The van der Waals surface area contributed by atoms with E-state index in [0.29, 0.717) is 47.2 Å². The highest BCUT2D eigenvalue weighted by Crippen LogP contribution is 2.29. The number of hydrogen-bond donors (Lipinski definition) is 3. The number of halogens is 2. The number of anilines is 1. The summed E-state index contributed by atoms with van der Waals surface area (Å²) in [7, 11) is 0. The molecule has 29 heavy (non-hydrogen) atoms. The molecule has 1 aliphatic heterocycles. The van der Waals surface area contributed by atoms with Gasteiger partial charge >= 0.3 is 6.03 Å². The maximum absolute atomic E-state index is 12.4. The van der Waals surface area contributed by atoms with Crippen LogP contribution in [0.15, 0.2) is 42.6 Å². The van der Waals surface area contributed by atoms with Gasteiger partial charge in [0.15, 0.2) is 0 Å². The van der Waals surface area contributed by atoms with Gasteiger partial charge in [0.1, 0.15) is 11.9 Å². The summed E-state index contributed by atoms with van der Waals surface area (Å²) in [6.45, 7) is -0.434. The molecule has 0 saturated heterocycles. The molecular formula is C20H21ClFN3O4. The summed E-state index contributed by atoms with van der Waals surface area (Å²) in [5.74, 6) is 0.387. The molecule has 1 aromatic carbocycles. The van der Waals surface area contributed by atoms with Gasteiger partial charge in [0.05, 0.1) is 17.3 Å². The number of aliphatic hydroxyl groups is 2. The van der Waals surface area contributed by atoms with Crippen LogP contribution in [0.25, 0.3) is 5.57 Å². The van der Waals surface area contributed by atoms with Crippen LogP contribution in [0.4, 0.5) is 14.9 Å². The van der Waals surface area contributed by atoms with Gasteiger partial charge in [-0.25, -0.2) is 9.18 Å². The third-order valence-corrected chi connectivity index (χ3v) is 4.84. The van der Waals surface area contributed by atoms with Gasteiger partial charge < -0.3 is 25.2 Å². The van der Waals surface area contributed by atoms with Crippen LogP contribution in [0, 0.1) is 0 Å². The maximum Gasteiger partial charge on any atom is 0.322 e. The van der Waals surface area contributed by atoms with Crippen LogP contribution in [0.2, 0.25) is 5.02 Å². The monoisotopic (exact) mass is 421 g/mol. The van der Waals surface area contributed by atoms with Gasteiger partial charge in [-0.2, -0.15) is 0 Å². The molecule has 0 fully saturated rings. The lowest BCUT2D eigenvalue weighted by Gasteiger charge is -2.27. The lowest BCUT2D eigenvalue weighted by molar-refractivity contribution is 0.0953. The average Bonchev–Trinajstić information content (AvgIpc) is 2.75. The van der Waals surface area contributed by atoms with E-state index in [9.17, 15) is 14.3 Å². The van der Waals surface area contributed by atoms with Crippen LogP contribution in [-0.2, 0) is 0 Å². The maximum atomic E-state index is 12.4. The van der Waals surface area contributed by atoms with Gasteiger partial charge in [-0.3, -0.25) is 4.98 Å². The van der Waals surface area contributed by atoms with E-state index in [1.165, 1.54) is 6.20 Å². The van der Waals surface area contributed by atoms with Crippen LogP contribution < -0.4 is 10.1 Å². The second-order valence-electron chi connectivity index (χ2n) is 6.43. The predicted octanol–water partition coefficient (Wildman–Crippen LogP) is 3.39. The standard InChI is InChI=1S/C20H21ClFN3O4/c21-17-9-14(18(27)11-26)10-23-19(17)13-5-7-25(8-6-13)20(28)24-15-1-3-16(4-2-15)29-12-22/h1-5,9-10,18,26-27H,6-8,11-12H2,(H,24,28)/t18-/m1/s1. The Morgan fingerprint density at radius 1 is 1.38 bits per heavy atom. The second kappa shape index (κ2) is 9.69. The van der Waals surface area contributed by atoms with Gasteiger partial charge in [-0.05, 0) is 42.3 Å². The average molecular weight is 422 g/mol. The number of nitrogens with zero attached hydrogens (tertiary/aromatic N) is 2. The zero-order valence-electron chi connectivity index (χ0n) is 15.5. The van der Waals surface area contributed by atoms with Crippen molar-refractivity contribution in [3.05, 3.63) is 58.9 Å². The van der Waals surface area contributed by atoms with Crippen LogP contribution in [0.3, 0.4) is 0 Å². The van der Waals surface area contributed by atoms with E-state index in [1.807, 2.05) is 6.08 Å². The number of urea groups is 1. The smallest absolute Gasteiger partial charge is 0.322 e. The Labute approximate surface area is 172 Å². The molecule has 3 rings (SSSR count). The fourth-order valence-electron chi connectivity index (χ4n) is 2.95. The minimum atomic E-state index is -1.02. The molecule has 7 nitrogen and oxygen atoms in total. The molecule has 3 N–H and O–H groups in total. The minimum absolute atomic E-state index is 0.250. The molecule has 1 aliphatic rings. The molecule has 2 amide bonds. The number of rotatable bonds is 6. The molecule has 0 bridgehead atoms. The summed E-state index contributed by atoms with van der Waals surface area (Å²) < 4.78 is 16.9. The molecule has 1 aromatic heterocycles. The van der Waals surface area contributed by atoms with E-state index in [1.54, 1.807) is 35.2 Å². The SMILES string of the molecule is O=C(Nc1ccc(OCF)cc1)N1CC=C(c2ncc([C@H](O)CO)cc2Cl)CC1. The van der Waals surface area contributed by atoms with Crippen LogP contribution in [0.5, 0.6) is 5.75 Å². The number of hydrogen-bond acceptors (Lipinski definition) is 5. The molecule has 0 unspecified atom stereocenters. The molecule has 9 heteroatoms. The quantitative estimate of drug-likeness (QED) is 0.664. The van der Waals surface area contributed by atoms with Gasteiger partial charge in [0.2, 0.25) is 6.86 Å². The number of aliphatic hydroxyl groups excluding tert-OH is 2. The van der Waals surface area contributed by atoms with Crippen molar-refractivity contribution in [1.82, 2.24) is 9.88 Å². The summed E-state index contributed by atoms with van der Waals surface area (Å²) in [6.07, 6.45) is 2.92. The molecule has 2 heterocycles. The Bertz CT molecular complexity index is 892. The molecular weight excluding hydrogens is 401 g/mol. The Morgan fingerprint density at radius 2 is 2.14 bits per heavy atom. The molecule has 2 aromatic rings. The van der Waals surface area contributed by atoms with Crippen molar-refractivity contribution in [1.29, 1.82) is 0 Å². The summed E-state index contributed by atoms with van der Waals surface area (Å²) in [4.78, 5) is 18.4. The summed E-state index contributed by atoms with van der Waals surface area (Å²) in [5.41, 5.74) is 2.54. The minimum Gasteiger partial charge on any atom is -0.463 e. The fraction of sp³-hybridized carbons (Fsp3) is 0.300. The second-order valence-corrected chi connectivity index (χ2v) is 6.84. The van der Waals surface area contributed by atoms with E-state index in [2.05, 4.69) is 10.3 Å². The van der Waals surface area contributed by atoms with Crippen molar-refractivity contribution in [2.45, 2.75) is 12.5 Å². The number of alkyl halides is 1. The highest BCUT2D eigenvalue weighted by atomic mass is 35.5. The fourth-order valence-corrected chi connectivity index (χ4v) is 3.24. The Balaban J connectivity index is 1.62. The molecule has 0 saturated carbocycles. The normalized spacial score (nSPS) is 14.9. The van der Waals surface area contributed by atoms with Crippen molar-refractivity contribution in [3.8, 4) is 5.75 Å². The number of amides is 2. The van der Waals surface area contributed by atoms with E-state index < -0.39 is 19.6 Å². The first-order valence-corrected chi connectivity index (χ1v) is 9.38. The number of pyridine rings is 1. The van der Waals surface area contributed by atoms with E-state index in [-0.39, 0.29) is 6.03 Å². The first kappa shape index (κ1) is 21.0. The molecule has 1 atom stereocenters. The number of carbonyl (C=O) groups excluding carboxylic acids is 1. The van der Waals surface area contributed by atoms with Crippen molar-refractivity contribution >= 4 is 28.9 Å². The van der Waals surface area contributed by atoms with E-state index in [0.717, 1.165) is 5.57 Å². The molecule has 0 radical (unpaired) electrons. The van der Waals surface area contributed by atoms with Gasteiger partial charge in [-0.1, -0.05) is 17.7 Å². The third kappa shape index (κ3) is 5.23. The lowest BCUT2D eigenvalue weighted by atomic mass is 10.0. The Hall–Kier alpha value is -2.68. The molecule has 0 aliphatic carbocycles. The topological polar surface area (TPSA) is 94.9 Å². The van der Waals surface area contributed by atoms with Crippen molar-refractivity contribution in [2.24, 2.45) is 0 Å². The largest absolute Gasteiger partial charge is 0.463 e. The van der Waals surface area contributed by atoms with Crippen LogP contribution in [-0.4, -0.2) is 52.7 Å². The highest BCUT2D eigenvalue weighted by Gasteiger charge is 2.20. The summed E-state index contributed by atoms with van der Waals surface area (Å²) >= 11 is 6.28. The van der Waals surface area contributed by atoms with Crippen LogP contribution in [0.1, 0.15) is 23.8 Å². The van der Waals surface area contributed by atoms with Gasteiger partial charge in [-0.15, -0.1) is 0 Å². The van der Waals surface area contributed by atoms with Gasteiger partial charge in [0, 0.05) is 30.5 Å². The Kier molecular flexibility index (Phi) is 7.03. The third-order valence-electron chi connectivity index (χ3n) is 4.55. The first-order valence-electron chi connectivity index (χ1n) is 9.00. The highest BCUT2D eigenvalue weighted by molar-refractivity contribution is 6.32.